The molecule has 800 valence electrons. The average molecular weight is 1960 g/mol. The predicted molar refractivity (Wildman–Crippen MR) is 578 cm³/mol. The molecule has 5 aliphatic carbocycles. The second-order valence-electron chi connectivity index (χ2n) is 45.9. The minimum absolute atomic E-state index is 0.0196. The minimum atomic E-state index is -2.92. The number of carbonyl (C=O) groups is 2. The Balaban J connectivity index is 0.000000719. The number of aliphatic hydroxyl groups excluding tert-OH is 1. The standard InChI is InChI=1S/C11H23N.C10H20N2O.C10H17N.C7H14N2O.C7H15NO2S.C7H14O.C7H14.C6H14N2.C6H13N.C6H12O2S.C6H12O.C6H12S.C6H12.C5H11NO.C4H11NO.C4H11N/c1-9-7-10(2,3)12(6)11(4,5)8-9;1-9-4-6-12(7-5-9)10(13)8-11(2)3;1-7-3-8-5-10(4-7)6-9(10)11(8)2;1-7(10)9-5-3-8(2)4-6-9;1-7-3-5-8(6-4-7)11(2,9)10;1-6-2-4-7(8)5-3-6;1-7-5-3-2-4-6-7;1-7-3-5-8(2)6-4-7;1-7-5-3-2-4-6-7;1-6-2-4-9(7,8)5-3-6;2*1-6-2-4-7-5-3-6;1-6-4-2-3-5-6;1-6-2-4-7-5-3-6;1-5-3-4-6-2;1-3-4-5-2/h9H,7-8H2,1-6H3;9H,4-8H2,1-3H3;7-9H,3-6H2,1-2H3;3-6H2,1-2H3;7H,3-6H2,1-2H3;6-8H,2-5H2,1H3;7H,2-6H2,1H3;3-6H2,1-2H3;2-6H2,1H3;6H,2-5H2,1H3;2*6H,2-5H2,1H3;6H,2-5H2,1H3;2-5H2,1H3;5H,3-4H2,1-2H3;5H,3-4H2,1-2H3. The van der Waals surface area contributed by atoms with Crippen LogP contribution in [0, 0.1) is 64.6 Å². The molecular formula is C108H225N13O10S3. The summed E-state index contributed by atoms with van der Waals surface area (Å²) in [5.41, 5.74) is 1.58. The van der Waals surface area contributed by atoms with Gasteiger partial charge in [-0.25, -0.2) is 21.1 Å². The fourth-order valence-electron chi connectivity index (χ4n) is 20.1. The average Bonchev–Trinajstić information content (AvgIpc) is 1.53. The first-order valence-electron chi connectivity index (χ1n) is 54.5. The molecule has 3 N–H and O–H groups in total. The fraction of sp³-hybridized carbons (Fsp3) is 0.981. The van der Waals surface area contributed by atoms with Gasteiger partial charge in [-0.05, 0) is 349 Å². The largest absolute Gasteiger partial charge is 0.393 e. The van der Waals surface area contributed by atoms with Crippen molar-refractivity contribution in [1.82, 2.24) is 63.9 Å². The zero-order valence-electron chi connectivity index (χ0n) is 93.4. The van der Waals surface area contributed by atoms with Crippen LogP contribution < -0.4 is 10.6 Å². The zero-order chi connectivity index (χ0) is 101. The van der Waals surface area contributed by atoms with Gasteiger partial charge in [0, 0.05) is 149 Å². The van der Waals surface area contributed by atoms with Crippen molar-refractivity contribution in [3.05, 3.63) is 0 Å². The number of piperazine rings is 2. The number of piperidine rings is 5. The molecule has 0 aromatic rings. The third-order valence-corrected chi connectivity index (χ3v) is 34.6. The van der Waals surface area contributed by atoms with Gasteiger partial charge in [-0.15, -0.1) is 0 Å². The molecule has 11 saturated heterocycles. The molecule has 11 aliphatic heterocycles. The molecule has 11 heterocycles. The smallest absolute Gasteiger partial charge is 0.236 e. The van der Waals surface area contributed by atoms with E-state index in [9.17, 15) is 26.4 Å². The van der Waals surface area contributed by atoms with Gasteiger partial charge in [0.05, 0.1) is 50.2 Å². The minimum Gasteiger partial charge on any atom is -0.393 e. The van der Waals surface area contributed by atoms with Crippen LogP contribution in [-0.4, -0.2) is 388 Å². The summed E-state index contributed by atoms with van der Waals surface area (Å²) in [7, 11) is 19.2. The first-order valence-corrected chi connectivity index (χ1v) is 59.4. The molecule has 26 heteroatoms. The van der Waals surface area contributed by atoms with E-state index >= 15 is 0 Å². The van der Waals surface area contributed by atoms with Crippen molar-refractivity contribution >= 4 is 43.4 Å². The summed E-state index contributed by atoms with van der Waals surface area (Å²) in [4.78, 5) is 45.0. The summed E-state index contributed by atoms with van der Waals surface area (Å²) < 4.78 is 60.2. The first kappa shape index (κ1) is 131. The second kappa shape index (κ2) is 74.5. The van der Waals surface area contributed by atoms with Crippen LogP contribution in [0.3, 0.4) is 0 Å². The van der Waals surface area contributed by atoms with Crippen LogP contribution in [0.2, 0.25) is 0 Å². The lowest BCUT2D eigenvalue weighted by Gasteiger charge is -2.53. The van der Waals surface area contributed by atoms with Gasteiger partial charge in [-0.2, -0.15) is 11.8 Å². The highest BCUT2D eigenvalue weighted by Crippen LogP contribution is 2.66. The highest BCUT2D eigenvalue weighted by atomic mass is 32.2. The number of sulfonamides is 1. The molecule has 1 spiro atoms. The van der Waals surface area contributed by atoms with Crippen molar-refractivity contribution in [3.63, 3.8) is 0 Å². The molecule has 16 rings (SSSR count). The Morgan fingerprint density at radius 2 is 0.851 bits per heavy atom. The van der Waals surface area contributed by atoms with Crippen LogP contribution in [0.1, 0.15) is 323 Å². The van der Waals surface area contributed by atoms with Gasteiger partial charge < -0.3 is 69.1 Å². The number of thioether (sulfide) groups is 1. The lowest BCUT2D eigenvalue weighted by Crippen LogP contribution is -2.58. The summed E-state index contributed by atoms with van der Waals surface area (Å²) in [6, 6.07) is 1.95. The number of sulfone groups is 1. The number of fused-ring (bicyclic) bond motifs is 1. The molecule has 16 fully saturated rings. The van der Waals surface area contributed by atoms with E-state index in [0.717, 1.165) is 202 Å². The molecule has 4 atom stereocenters. The maximum Gasteiger partial charge on any atom is 0.236 e. The summed E-state index contributed by atoms with van der Waals surface area (Å²) in [5.74, 6) is 12.9. The highest BCUT2D eigenvalue weighted by molar-refractivity contribution is 7.99. The summed E-state index contributed by atoms with van der Waals surface area (Å²) in [5, 5.41) is 15.0. The molecule has 134 heavy (non-hydrogen) atoms. The van der Waals surface area contributed by atoms with Crippen molar-refractivity contribution in [3.8, 4) is 0 Å². The Morgan fingerprint density at radius 1 is 0.455 bits per heavy atom. The number of nitrogens with zero attached hydrogens (tertiary/aromatic N) is 11. The Labute approximate surface area is 835 Å². The first-order chi connectivity index (χ1) is 63.1. The van der Waals surface area contributed by atoms with Crippen molar-refractivity contribution < 1.29 is 45.7 Å². The van der Waals surface area contributed by atoms with Gasteiger partial charge in [0.15, 0.2) is 0 Å². The highest BCUT2D eigenvalue weighted by Gasteiger charge is 2.65. The molecular weight excluding hydrogens is 1740 g/mol. The number of likely N-dealkylation sites (N-methyl/N-ethyl adjacent to an activating group) is 6. The number of ether oxygens (including phenoxy) is 3. The van der Waals surface area contributed by atoms with E-state index in [4.69, 9.17) is 19.3 Å². The van der Waals surface area contributed by atoms with Gasteiger partial charge in [-0.1, -0.05) is 140 Å². The number of rotatable bonds is 8. The molecule has 5 saturated carbocycles. The zero-order valence-corrected chi connectivity index (χ0v) is 95.9. The normalized spacial score (nSPS) is 27.5. The quantitative estimate of drug-likeness (QED) is 0.193. The molecule has 16 aliphatic rings. The van der Waals surface area contributed by atoms with E-state index in [1.165, 1.54) is 230 Å². The van der Waals surface area contributed by atoms with Crippen molar-refractivity contribution in [2.24, 2.45) is 64.6 Å². The van der Waals surface area contributed by atoms with Crippen LogP contribution in [0.5, 0.6) is 0 Å². The topological polar surface area (TPSA) is 210 Å². The Bertz CT molecular complexity index is 2850. The number of likely N-dealkylation sites (tertiary alicyclic amines) is 4. The fourth-order valence-corrected chi connectivity index (χ4v) is 24.0. The van der Waals surface area contributed by atoms with Gasteiger partial charge in [0.1, 0.15) is 9.84 Å². The van der Waals surface area contributed by atoms with Gasteiger partial charge >= 0.3 is 0 Å². The molecule has 2 bridgehead atoms. The number of amides is 2. The van der Waals surface area contributed by atoms with Crippen LogP contribution in [-0.2, 0) is 43.7 Å². The molecule has 0 aromatic carbocycles. The van der Waals surface area contributed by atoms with Gasteiger partial charge in [0.2, 0.25) is 21.8 Å². The molecule has 23 nitrogen and oxygen atoms in total. The van der Waals surface area contributed by atoms with E-state index < -0.39 is 19.9 Å². The number of morpholine rings is 1. The number of nitrogens with one attached hydrogen (secondary N) is 2. The maximum atomic E-state index is 11.6. The summed E-state index contributed by atoms with van der Waals surface area (Å²) in [6.45, 7) is 60.2. The molecule has 4 unspecified atom stereocenters. The van der Waals surface area contributed by atoms with E-state index in [1.807, 2.05) is 42.9 Å². The Kier molecular flexibility index (Phi) is 72.6. The SMILES string of the molecule is CC(=O)N1CCN(C)CC1.CC1CC(C)(C)N(C)C(C)(C)C1.CC1CC2CC3(C1)CC3N2C.CC1CCC(O)CC1.CC1CCCC1.CC1CCCCC1.CC1CCN(C(=O)CN(C)C)CC1.CC1CCN(S(C)(=O)=O)CC1.CC1CCOCC1.CC1CCS(=O)(=O)CC1.CC1CCSCC1.CCCNC.CN1CCCCC1.CN1CCN(C)CC1.CN1CCOCC1.CNCCOC. The number of hydrogen-bond donors (Lipinski definition) is 3. The van der Waals surface area contributed by atoms with Gasteiger partial charge in [-0.3, -0.25) is 19.4 Å². The number of hydrogen-bond acceptors (Lipinski definition) is 21. The van der Waals surface area contributed by atoms with Crippen molar-refractivity contribution in [2.75, 3.05) is 271 Å². The number of carbonyl (C=O) groups excluding carboxylic acids is 2. The van der Waals surface area contributed by atoms with Crippen LogP contribution in [0.25, 0.3) is 0 Å². The maximum absolute atomic E-state index is 11.6. The third kappa shape index (κ3) is 65.1. The number of methoxy groups -OCH3 is 1. The van der Waals surface area contributed by atoms with Gasteiger partial charge in [0.25, 0.3) is 0 Å². The van der Waals surface area contributed by atoms with Crippen LogP contribution in [0.15, 0.2) is 0 Å². The van der Waals surface area contributed by atoms with Crippen LogP contribution >= 0.6 is 11.8 Å². The Morgan fingerprint density at radius 3 is 1.17 bits per heavy atom. The monoisotopic (exact) mass is 1960 g/mol. The summed E-state index contributed by atoms with van der Waals surface area (Å²) >= 11 is 2.10. The lowest BCUT2D eigenvalue weighted by molar-refractivity contribution is -0.133. The van der Waals surface area contributed by atoms with Crippen molar-refractivity contribution in [1.29, 1.82) is 0 Å². The van der Waals surface area contributed by atoms with E-state index in [1.54, 1.807) is 18.3 Å². The molecule has 2 amide bonds. The van der Waals surface area contributed by atoms with E-state index in [2.05, 4.69) is 210 Å². The lowest BCUT2D eigenvalue weighted by atomic mass is 9.75. The van der Waals surface area contributed by atoms with E-state index in [-0.39, 0.29) is 17.9 Å². The predicted octanol–water partition coefficient (Wildman–Crippen LogP) is 18.2. The second-order valence-corrected chi connectivity index (χ2v) is 51.4. The molecule has 0 aromatic heterocycles. The van der Waals surface area contributed by atoms with Crippen molar-refractivity contribution in [2.45, 2.75) is 352 Å². The van der Waals surface area contributed by atoms with E-state index in [0.29, 0.717) is 54.1 Å². The molecule has 0 radical (unpaired) electrons. The Hall–Kier alpha value is -1.41. The number of aliphatic hydroxyl groups is 1. The van der Waals surface area contributed by atoms with Crippen LogP contribution in [0.4, 0.5) is 0 Å². The third-order valence-electron chi connectivity index (χ3n) is 30.5. The summed E-state index contributed by atoms with van der Waals surface area (Å²) in [6.07, 6.45) is 44.9.